The van der Waals surface area contributed by atoms with Gasteiger partial charge in [0.2, 0.25) is 0 Å². The molecule has 3 rings (SSSR count). The molecule has 0 saturated carbocycles. The van der Waals surface area contributed by atoms with E-state index < -0.39 is 12.2 Å². The summed E-state index contributed by atoms with van der Waals surface area (Å²) in [6, 6.07) is 6.53. The van der Waals surface area contributed by atoms with Gasteiger partial charge in [0.25, 0.3) is 0 Å². The molecule has 2 fully saturated rings. The lowest BCUT2D eigenvalue weighted by Crippen LogP contribution is -2.40. The largest absolute Gasteiger partial charge is 0.435 e. The molecule has 1 aromatic rings. The van der Waals surface area contributed by atoms with Crippen LogP contribution in [0.15, 0.2) is 24.3 Å². The molecule has 5 heteroatoms. The first-order chi connectivity index (χ1) is 9.55. The number of ether oxygens (including phenoxy) is 1. The molecule has 2 aliphatic heterocycles. The first-order valence-electron chi connectivity index (χ1n) is 6.98. The van der Waals surface area contributed by atoms with Gasteiger partial charge in [-0.15, -0.1) is 0 Å². The van der Waals surface area contributed by atoms with Crippen molar-refractivity contribution >= 4 is 11.8 Å². The van der Waals surface area contributed by atoms with Gasteiger partial charge in [-0.25, -0.2) is 0 Å². The van der Waals surface area contributed by atoms with E-state index in [9.17, 15) is 13.9 Å². The second kappa shape index (κ2) is 5.53. The first-order valence-corrected chi connectivity index (χ1v) is 7.93. The van der Waals surface area contributed by atoms with Crippen LogP contribution in [-0.2, 0) is 5.60 Å². The van der Waals surface area contributed by atoms with Gasteiger partial charge in [-0.1, -0.05) is 18.6 Å². The maximum absolute atomic E-state index is 12.3. The van der Waals surface area contributed by atoms with Crippen LogP contribution in [0, 0.1) is 0 Å². The summed E-state index contributed by atoms with van der Waals surface area (Å²) in [5.74, 6) is 0.120. The van der Waals surface area contributed by atoms with Crippen LogP contribution in [0.3, 0.4) is 0 Å². The van der Waals surface area contributed by atoms with Crippen LogP contribution in [0.2, 0.25) is 0 Å². The minimum Gasteiger partial charge on any atom is -0.435 e. The lowest BCUT2D eigenvalue weighted by molar-refractivity contribution is -0.0504. The van der Waals surface area contributed by atoms with Crippen LogP contribution in [-0.4, -0.2) is 22.2 Å². The van der Waals surface area contributed by atoms with Crippen molar-refractivity contribution in [3.63, 3.8) is 0 Å². The third-order valence-electron chi connectivity index (χ3n) is 4.16. The van der Waals surface area contributed by atoms with Gasteiger partial charge >= 0.3 is 6.61 Å². The summed E-state index contributed by atoms with van der Waals surface area (Å²) in [5, 5.41) is 11.9. The normalized spacial score (nSPS) is 33.2. The molecule has 2 unspecified atom stereocenters. The molecule has 2 atom stereocenters. The summed E-state index contributed by atoms with van der Waals surface area (Å²) >= 11 is 1.97. The van der Waals surface area contributed by atoms with Gasteiger partial charge in [-0.2, -0.15) is 20.5 Å². The maximum Gasteiger partial charge on any atom is 0.387 e. The molecule has 0 spiro atoms. The predicted octanol–water partition coefficient (Wildman–Crippen LogP) is 3.92. The van der Waals surface area contributed by atoms with Crippen molar-refractivity contribution in [1.82, 2.24) is 0 Å². The fourth-order valence-electron chi connectivity index (χ4n) is 3.32. The van der Waals surface area contributed by atoms with Gasteiger partial charge in [0.15, 0.2) is 0 Å². The first kappa shape index (κ1) is 14.1. The predicted molar refractivity (Wildman–Crippen MR) is 75.2 cm³/mol. The van der Waals surface area contributed by atoms with E-state index in [0.29, 0.717) is 28.9 Å². The number of alkyl halides is 2. The summed E-state index contributed by atoms with van der Waals surface area (Å²) in [6.07, 6.45) is 4.90. The van der Waals surface area contributed by atoms with Crippen LogP contribution in [0.1, 0.15) is 37.7 Å². The van der Waals surface area contributed by atoms with E-state index in [-0.39, 0.29) is 5.75 Å². The van der Waals surface area contributed by atoms with Gasteiger partial charge in [-0.05, 0) is 43.4 Å². The van der Waals surface area contributed by atoms with Crippen molar-refractivity contribution in [1.29, 1.82) is 0 Å². The van der Waals surface area contributed by atoms with Crippen LogP contribution in [0.25, 0.3) is 0 Å². The Kier molecular flexibility index (Phi) is 3.91. The number of rotatable bonds is 3. The number of aliphatic hydroxyl groups is 1. The number of thioether (sulfide) groups is 1. The number of benzene rings is 1. The fourth-order valence-corrected chi connectivity index (χ4v) is 5.21. The lowest BCUT2D eigenvalue weighted by atomic mass is 9.80. The number of halogens is 2. The molecular weight excluding hydrogens is 282 g/mol. The minimum absolute atomic E-state index is 0.120. The zero-order chi connectivity index (χ0) is 14.2. The Balaban J connectivity index is 1.83. The van der Waals surface area contributed by atoms with Crippen molar-refractivity contribution in [2.45, 2.75) is 54.8 Å². The molecule has 0 aliphatic carbocycles. The highest BCUT2D eigenvalue weighted by atomic mass is 32.2. The molecule has 0 aromatic heterocycles. The van der Waals surface area contributed by atoms with Crippen molar-refractivity contribution in [3.8, 4) is 5.75 Å². The Morgan fingerprint density at radius 3 is 2.60 bits per heavy atom. The average molecular weight is 300 g/mol. The molecule has 2 aliphatic rings. The quantitative estimate of drug-likeness (QED) is 0.917. The van der Waals surface area contributed by atoms with Crippen LogP contribution in [0.4, 0.5) is 8.78 Å². The third kappa shape index (κ3) is 2.93. The maximum atomic E-state index is 12.3. The Labute approximate surface area is 121 Å². The number of fused-ring (bicyclic) bond motifs is 2. The van der Waals surface area contributed by atoms with Crippen molar-refractivity contribution < 1.29 is 18.6 Å². The van der Waals surface area contributed by atoms with Gasteiger partial charge in [0.05, 0.1) is 5.60 Å². The Morgan fingerprint density at radius 2 is 1.95 bits per heavy atom. The van der Waals surface area contributed by atoms with E-state index in [1.807, 2.05) is 17.8 Å². The van der Waals surface area contributed by atoms with Gasteiger partial charge < -0.3 is 9.84 Å². The third-order valence-corrected chi connectivity index (χ3v) is 5.74. The van der Waals surface area contributed by atoms with Crippen LogP contribution < -0.4 is 4.74 Å². The molecule has 0 amide bonds. The summed E-state index contributed by atoms with van der Waals surface area (Å²) in [5.41, 5.74) is -0.199. The zero-order valence-corrected chi connectivity index (χ0v) is 11.9. The smallest absolute Gasteiger partial charge is 0.387 e. The number of hydrogen-bond acceptors (Lipinski definition) is 3. The molecular formula is C15H18F2O2S. The van der Waals surface area contributed by atoms with Crippen LogP contribution >= 0.6 is 11.8 Å². The summed E-state index contributed by atoms with van der Waals surface area (Å²) in [6.45, 7) is -2.83. The van der Waals surface area contributed by atoms with E-state index in [1.54, 1.807) is 12.1 Å². The average Bonchev–Trinajstić information content (AvgIpc) is 2.37. The fraction of sp³-hybridized carbons (Fsp3) is 0.600. The minimum atomic E-state index is -2.83. The molecule has 1 N–H and O–H groups in total. The highest BCUT2D eigenvalue weighted by Crippen LogP contribution is 2.49. The van der Waals surface area contributed by atoms with E-state index in [4.69, 9.17) is 0 Å². The zero-order valence-electron chi connectivity index (χ0n) is 11.1. The van der Waals surface area contributed by atoms with E-state index in [2.05, 4.69) is 4.74 Å². The van der Waals surface area contributed by atoms with E-state index in [1.165, 1.54) is 12.5 Å². The second-order valence-corrected chi connectivity index (χ2v) is 7.26. The Bertz CT molecular complexity index is 469. The van der Waals surface area contributed by atoms with E-state index in [0.717, 1.165) is 12.8 Å². The summed E-state index contributed by atoms with van der Waals surface area (Å²) in [4.78, 5) is 0. The van der Waals surface area contributed by atoms with Gasteiger partial charge in [0.1, 0.15) is 5.75 Å². The molecule has 0 radical (unpaired) electrons. The second-order valence-electron chi connectivity index (χ2n) is 5.66. The van der Waals surface area contributed by atoms with Crippen molar-refractivity contribution in [2.75, 3.05) is 0 Å². The monoisotopic (exact) mass is 300 g/mol. The summed E-state index contributed by atoms with van der Waals surface area (Å²) in [7, 11) is 0. The molecule has 110 valence electrons. The molecule has 2 bridgehead atoms. The van der Waals surface area contributed by atoms with Gasteiger partial charge in [0, 0.05) is 10.5 Å². The highest BCUT2D eigenvalue weighted by Gasteiger charge is 2.42. The highest BCUT2D eigenvalue weighted by molar-refractivity contribution is 8.00. The number of hydrogen-bond donors (Lipinski definition) is 1. The molecule has 1 aromatic carbocycles. The molecule has 20 heavy (non-hydrogen) atoms. The van der Waals surface area contributed by atoms with E-state index >= 15 is 0 Å². The topological polar surface area (TPSA) is 29.5 Å². The lowest BCUT2D eigenvalue weighted by Gasteiger charge is -2.44. The van der Waals surface area contributed by atoms with Gasteiger partial charge in [-0.3, -0.25) is 0 Å². The molecule has 2 heterocycles. The van der Waals surface area contributed by atoms with Crippen molar-refractivity contribution in [3.05, 3.63) is 29.8 Å². The SMILES string of the molecule is OC1(c2cccc(OC(F)F)c2)CC2CCCC(C1)S2. The molecule has 2 saturated heterocycles. The Morgan fingerprint density at radius 1 is 1.25 bits per heavy atom. The van der Waals surface area contributed by atoms with Crippen LogP contribution in [0.5, 0.6) is 5.75 Å². The van der Waals surface area contributed by atoms with Crippen molar-refractivity contribution in [2.24, 2.45) is 0 Å². The summed E-state index contributed by atoms with van der Waals surface area (Å²) < 4.78 is 29.0. The Hall–Kier alpha value is -0.810. The molecule has 2 nitrogen and oxygen atoms in total. The standard InChI is InChI=1S/C15H18F2O2S/c16-14(17)19-11-4-1-3-10(7-11)15(18)8-12-5-2-6-13(9-15)20-12/h1,3-4,7,12-14,18H,2,5-6,8-9H2.